The van der Waals surface area contributed by atoms with Gasteiger partial charge in [0.1, 0.15) is 6.04 Å². The first kappa shape index (κ1) is 19.7. The molecule has 0 saturated heterocycles. The second-order valence-electron chi connectivity index (χ2n) is 5.03. The standard InChI is InChI=1S/C13H16ClF3N2O3S/c1-3-7(2)11(12(18)20)19-23(21,22)10-5-4-8(14)6-9(10)13(15,16)17/h4-7,11,19H,3H2,1-2H3,(H2,18,20). The Balaban J connectivity index is 3.36. The first-order chi connectivity index (χ1) is 10.4. The van der Waals surface area contributed by atoms with Gasteiger partial charge in [-0.1, -0.05) is 31.9 Å². The van der Waals surface area contributed by atoms with Gasteiger partial charge >= 0.3 is 6.18 Å². The molecule has 0 fully saturated rings. The summed E-state index contributed by atoms with van der Waals surface area (Å²) in [5, 5.41) is -0.260. The lowest BCUT2D eigenvalue weighted by molar-refractivity contribution is -0.139. The highest BCUT2D eigenvalue weighted by atomic mass is 35.5. The van der Waals surface area contributed by atoms with E-state index >= 15 is 0 Å². The van der Waals surface area contributed by atoms with Crippen molar-refractivity contribution in [1.82, 2.24) is 4.72 Å². The van der Waals surface area contributed by atoms with Gasteiger partial charge in [0.25, 0.3) is 0 Å². The van der Waals surface area contributed by atoms with Gasteiger partial charge in [-0.3, -0.25) is 4.79 Å². The Morgan fingerprint density at radius 1 is 1.39 bits per heavy atom. The van der Waals surface area contributed by atoms with Gasteiger partial charge in [0.15, 0.2) is 0 Å². The summed E-state index contributed by atoms with van der Waals surface area (Å²) in [6.45, 7) is 3.25. The van der Waals surface area contributed by atoms with Crippen molar-refractivity contribution in [2.24, 2.45) is 11.7 Å². The molecule has 1 aromatic rings. The van der Waals surface area contributed by atoms with E-state index in [1.807, 2.05) is 4.72 Å². The smallest absolute Gasteiger partial charge is 0.368 e. The van der Waals surface area contributed by atoms with Crippen molar-refractivity contribution in [3.05, 3.63) is 28.8 Å². The zero-order valence-electron chi connectivity index (χ0n) is 12.3. The molecule has 2 unspecified atom stereocenters. The van der Waals surface area contributed by atoms with Gasteiger partial charge in [0.2, 0.25) is 15.9 Å². The number of rotatable bonds is 6. The first-order valence-corrected chi connectivity index (χ1v) is 8.44. The first-order valence-electron chi connectivity index (χ1n) is 6.58. The zero-order chi connectivity index (χ0) is 18.0. The van der Waals surface area contributed by atoms with E-state index in [0.29, 0.717) is 12.5 Å². The molecule has 0 heterocycles. The maximum absolute atomic E-state index is 13.0. The summed E-state index contributed by atoms with van der Waals surface area (Å²) in [4.78, 5) is 10.4. The number of carbonyl (C=O) groups excluding carboxylic acids is 1. The predicted molar refractivity (Wildman–Crippen MR) is 79.2 cm³/mol. The van der Waals surface area contributed by atoms with Crippen molar-refractivity contribution < 1.29 is 26.4 Å². The lowest BCUT2D eigenvalue weighted by Crippen LogP contribution is -2.48. The number of primary amides is 1. The van der Waals surface area contributed by atoms with Crippen molar-refractivity contribution >= 4 is 27.5 Å². The molecule has 0 bridgehead atoms. The van der Waals surface area contributed by atoms with Crippen molar-refractivity contribution in [3.8, 4) is 0 Å². The van der Waals surface area contributed by atoms with Crippen LogP contribution in [0.15, 0.2) is 23.1 Å². The van der Waals surface area contributed by atoms with Gasteiger partial charge in [0, 0.05) is 5.02 Å². The van der Waals surface area contributed by atoms with Crippen LogP contribution in [0.25, 0.3) is 0 Å². The lowest BCUT2D eigenvalue weighted by Gasteiger charge is -2.22. The van der Waals surface area contributed by atoms with Crippen LogP contribution in [0.4, 0.5) is 13.2 Å². The van der Waals surface area contributed by atoms with Crippen LogP contribution in [0.5, 0.6) is 0 Å². The van der Waals surface area contributed by atoms with E-state index in [2.05, 4.69) is 0 Å². The minimum absolute atomic E-state index is 0.260. The fraction of sp³-hybridized carbons (Fsp3) is 0.462. The van der Waals surface area contributed by atoms with Gasteiger partial charge in [-0.15, -0.1) is 0 Å². The van der Waals surface area contributed by atoms with E-state index in [4.69, 9.17) is 17.3 Å². The predicted octanol–water partition coefficient (Wildman–Crippen LogP) is 2.54. The molecule has 0 radical (unpaired) electrons. The monoisotopic (exact) mass is 372 g/mol. The number of hydrogen-bond acceptors (Lipinski definition) is 3. The van der Waals surface area contributed by atoms with Crippen molar-refractivity contribution in [1.29, 1.82) is 0 Å². The summed E-state index contributed by atoms with van der Waals surface area (Å²) in [7, 11) is -4.62. The van der Waals surface area contributed by atoms with Crippen molar-refractivity contribution in [2.45, 2.75) is 37.4 Å². The van der Waals surface area contributed by atoms with Crippen LogP contribution in [0.1, 0.15) is 25.8 Å². The van der Waals surface area contributed by atoms with E-state index < -0.39 is 44.5 Å². The number of nitrogens with two attached hydrogens (primary N) is 1. The minimum Gasteiger partial charge on any atom is -0.368 e. The highest BCUT2D eigenvalue weighted by molar-refractivity contribution is 7.89. The number of nitrogens with one attached hydrogen (secondary N) is 1. The highest BCUT2D eigenvalue weighted by Crippen LogP contribution is 2.36. The maximum Gasteiger partial charge on any atom is 0.417 e. The molecule has 1 rings (SSSR count). The lowest BCUT2D eigenvalue weighted by atomic mass is 10.00. The van der Waals surface area contributed by atoms with E-state index in [-0.39, 0.29) is 5.02 Å². The fourth-order valence-electron chi connectivity index (χ4n) is 1.88. The summed E-state index contributed by atoms with van der Waals surface area (Å²) in [5.74, 6) is -1.45. The number of alkyl halides is 3. The Morgan fingerprint density at radius 2 is 1.96 bits per heavy atom. The topological polar surface area (TPSA) is 89.3 Å². The molecule has 1 aromatic carbocycles. The maximum atomic E-state index is 13.0. The minimum atomic E-state index is -4.92. The van der Waals surface area contributed by atoms with E-state index in [1.165, 1.54) is 0 Å². The Hall–Kier alpha value is -1.32. The largest absolute Gasteiger partial charge is 0.417 e. The SMILES string of the molecule is CCC(C)C(NS(=O)(=O)c1ccc(Cl)cc1C(F)(F)F)C(N)=O. The average Bonchev–Trinajstić information content (AvgIpc) is 2.42. The molecule has 3 N–H and O–H groups in total. The molecule has 0 spiro atoms. The van der Waals surface area contributed by atoms with Crippen LogP contribution >= 0.6 is 11.6 Å². The number of carbonyl (C=O) groups is 1. The van der Waals surface area contributed by atoms with Crippen LogP contribution < -0.4 is 10.5 Å². The second kappa shape index (κ2) is 7.06. The molecule has 2 atom stereocenters. The molecule has 1 amide bonds. The van der Waals surface area contributed by atoms with Crippen LogP contribution in [-0.4, -0.2) is 20.4 Å². The average molecular weight is 373 g/mol. The molecule has 23 heavy (non-hydrogen) atoms. The number of halogens is 4. The molecule has 130 valence electrons. The third-order valence-corrected chi connectivity index (χ3v) is 5.07. The number of amides is 1. The van der Waals surface area contributed by atoms with Gasteiger partial charge in [0.05, 0.1) is 10.5 Å². The van der Waals surface area contributed by atoms with Crippen molar-refractivity contribution in [2.75, 3.05) is 0 Å². The van der Waals surface area contributed by atoms with Crippen molar-refractivity contribution in [3.63, 3.8) is 0 Å². The van der Waals surface area contributed by atoms with E-state index in [9.17, 15) is 26.4 Å². The Kier molecular flexibility index (Phi) is 6.06. The molecule has 0 aromatic heterocycles. The van der Waals surface area contributed by atoms with Gasteiger partial charge in [-0.05, 0) is 24.1 Å². The number of benzene rings is 1. The molecule has 0 aliphatic carbocycles. The Labute approximate surface area is 137 Å². The fourth-order valence-corrected chi connectivity index (χ4v) is 3.57. The summed E-state index contributed by atoms with van der Waals surface area (Å²) in [5.41, 5.74) is 3.73. The molecular formula is C13H16ClF3N2O3S. The quantitative estimate of drug-likeness (QED) is 0.804. The Morgan fingerprint density at radius 3 is 2.39 bits per heavy atom. The number of hydrogen-bond donors (Lipinski definition) is 2. The molecule has 0 aliphatic rings. The van der Waals surface area contributed by atoms with Crippen LogP contribution in [0.2, 0.25) is 5.02 Å². The summed E-state index contributed by atoms with van der Waals surface area (Å²) in [6, 6.07) is 0.955. The van der Waals surface area contributed by atoms with E-state index in [1.54, 1.807) is 13.8 Å². The van der Waals surface area contributed by atoms with Crippen LogP contribution in [-0.2, 0) is 21.0 Å². The normalized spacial score (nSPS) is 15.2. The summed E-state index contributed by atoms with van der Waals surface area (Å²) in [6.07, 6.45) is -4.52. The number of sulfonamides is 1. The third kappa shape index (κ3) is 4.82. The molecular weight excluding hydrogens is 357 g/mol. The van der Waals surface area contributed by atoms with Gasteiger partial charge < -0.3 is 5.73 Å². The van der Waals surface area contributed by atoms with Crippen LogP contribution in [0.3, 0.4) is 0 Å². The van der Waals surface area contributed by atoms with E-state index in [0.717, 1.165) is 12.1 Å². The summed E-state index contributed by atoms with van der Waals surface area (Å²) < 4.78 is 65.6. The van der Waals surface area contributed by atoms with Gasteiger partial charge in [-0.2, -0.15) is 17.9 Å². The molecule has 5 nitrogen and oxygen atoms in total. The second-order valence-corrected chi connectivity index (χ2v) is 7.14. The van der Waals surface area contributed by atoms with Crippen LogP contribution in [0, 0.1) is 5.92 Å². The third-order valence-electron chi connectivity index (χ3n) is 3.34. The Bertz CT molecular complexity index is 692. The highest BCUT2D eigenvalue weighted by Gasteiger charge is 2.39. The summed E-state index contributed by atoms with van der Waals surface area (Å²) >= 11 is 5.51. The molecule has 0 aliphatic heterocycles. The zero-order valence-corrected chi connectivity index (χ0v) is 13.9. The molecule has 10 heteroatoms. The van der Waals surface area contributed by atoms with Gasteiger partial charge in [-0.25, -0.2) is 8.42 Å². The molecule has 0 saturated carbocycles.